The van der Waals surface area contributed by atoms with E-state index in [4.69, 9.17) is 0 Å². The van der Waals surface area contributed by atoms with Crippen LogP contribution in [0.4, 0.5) is 4.39 Å². The van der Waals surface area contributed by atoms with E-state index in [2.05, 4.69) is 20.9 Å². The van der Waals surface area contributed by atoms with Gasteiger partial charge in [-0.1, -0.05) is 18.6 Å². The third-order valence-electron chi connectivity index (χ3n) is 4.96. The van der Waals surface area contributed by atoms with E-state index in [0.717, 1.165) is 25.3 Å². The number of hydrogen-bond acceptors (Lipinski definition) is 4. The van der Waals surface area contributed by atoms with Gasteiger partial charge >= 0.3 is 0 Å². The van der Waals surface area contributed by atoms with Crippen molar-refractivity contribution in [2.75, 3.05) is 18.8 Å². The Bertz CT molecular complexity index is 849. The number of sulfone groups is 1. The quantitative estimate of drug-likeness (QED) is 0.255. The maximum absolute atomic E-state index is 13.8. The molecule has 0 heterocycles. The number of carbonyl (C=O) groups is 1. The summed E-state index contributed by atoms with van der Waals surface area (Å²) in [6.07, 6.45) is 3.43. The smallest absolute Gasteiger partial charge is 0.223 e. The van der Waals surface area contributed by atoms with Gasteiger partial charge < -0.3 is 16.0 Å². The van der Waals surface area contributed by atoms with Crippen molar-refractivity contribution in [3.05, 3.63) is 30.1 Å². The third-order valence-corrected chi connectivity index (χ3v) is 6.68. The minimum Gasteiger partial charge on any atom is -0.357 e. The molecule has 2 rings (SSSR count). The largest absolute Gasteiger partial charge is 0.357 e. The van der Waals surface area contributed by atoms with Gasteiger partial charge in [-0.15, -0.1) is 24.0 Å². The highest BCUT2D eigenvalue weighted by molar-refractivity contribution is 14.0. The van der Waals surface area contributed by atoms with Crippen molar-refractivity contribution in [3.8, 4) is 0 Å². The van der Waals surface area contributed by atoms with E-state index < -0.39 is 15.7 Å². The first kappa shape index (κ1) is 27.6. The molecule has 1 aliphatic carbocycles. The molecule has 0 radical (unpaired) electrons. The molecule has 2 atom stereocenters. The lowest BCUT2D eigenvalue weighted by Gasteiger charge is -2.30. The minimum atomic E-state index is -3.76. The van der Waals surface area contributed by atoms with Crippen molar-refractivity contribution in [1.82, 2.24) is 16.0 Å². The van der Waals surface area contributed by atoms with Crippen LogP contribution in [0.3, 0.4) is 0 Å². The van der Waals surface area contributed by atoms with E-state index in [9.17, 15) is 17.6 Å². The van der Waals surface area contributed by atoms with E-state index in [1.54, 1.807) is 0 Å². The van der Waals surface area contributed by atoms with E-state index >= 15 is 0 Å². The molecule has 0 aliphatic heterocycles. The molecule has 1 saturated carbocycles. The van der Waals surface area contributed by atoms with E-state index in [1.165, 1.54) is 18.2 Å². The van der Waals surface area contributed by atoms with Crippen LogP contribution in [0.2, 0.25) is 0 Å². The van der Waals surface area contributed by atoms with Gasteiger partial charge in [0.1, 0.15) is 10.7 Å². The van der Waals surface area contributed by atoms with Crippen molar-refractivity contribution in [2.45, 2.75) is 63.4 Å². The molecule has 1 aliphatic rings. The molecule has 2 unspecified atom stereocenters. The van der Waals surface area contributed by atoms with Crippen LogP contribution in [0.25, 0.3) is 0 Å². The molecule has 0 bridgehead atoms. The number of halogens is 2. The summed E-state index contributed by atoms with van der Waals surface area (Å²) in [6.45, 7) is 6.45. The molecular formula is C21H34FIN4O3S. The Kier molecular flexibility index (Phi) is 11.7. The van der Waals surface area contributed by atoms with Crippen molar-refractivity contribution < 1.29 is 17.6 Å². The average molecular weight is 568 g/mol. The van der Waals surface area contributed by atoms with Crippen LogP contribution in [0.15, 0.2) is 34.2 Å². The fraction of sp³-hybridized carbons (Fsp3) is 0.619. The zero-order chi connectivity index (χ0) is 22.1. The zero-order valence-corrected chi connectivity index (χ0v) is 21.5. The minimum absolute atomic E-state index is 0. The Hall–Kier alpha value is -1.43. The topological polar surface area (TPSA) is 99.7 Å². The fourth-order valence-corrected chi connectivity index (χ4v) is 4.76. The normalized spacial score (nSPS) is 19.5. The predicted octanol–water partition coefficient (Wildman–Crippen LogP) is 2.86. The number of guanidine groups is 1. The maximum Gasteiger partial charge on any atom is 0.223 e. The lowest BCUT2D eigenvalue weighted by atomic mass is 9.85. The van der Waals surface area contributed by atoms with Crippen LogP contribution in [-0.4, -0.2) is 51.2 Å². The SMILES string of the molecule is CCNC(=NCCS(=O)(=O)c1ccccc1F)NC1CCCC(C(=O)NC(C)C)C1.I. The molecule has 10 heteroatoms. The Morgan fingerprint density at radius 2 is 1.97 bits per heavy atom. The first-order chi connectivity index (χ1) is 14.2. The number of carbonyl (C=O) groups excluding carboxylic acids is 1. The van der Waals surface area contributed by atoms with Gasteiger partial charge in [-0.25, -0.2) is 12.8 Å². The van der Waals surface area contributed by atoms with Crippen LogP contribution < -0.4 is 16.0 Å². The fourth-order valence-electron chi connectivity index (χ4n) is 3.56. The van der Waals surface area contributed by atoms with Gasteiger partial charge in [0.2, 0.25) is 5.91 Å². The Labute approximate surface area is 202 Å². The first-order valence-electron chi connectivity index (χ1n) is 10.6. The van der Waals surface area contributed by atoms with E-state index in [0.29, 0.717) is 18.9 Å². The summed E-state index contributed by atoms with van der Waals surface area (Å²) in [5, 5.41) is 9.41. The number of benzene rings is 1. The van der Waals surface area contributed by atoms with Gasteiger partial charge in [0.15, 0.2) is 15.8 Å². The number of nitrogens with zero attached hydrogens (tertiary/aromatic N) is 1. The molecule has 7 nitrogen and oxygen atoms in total. The Balaban J connectivity index is 0.00000480. The third kappa shape index (κ3) is 8.91. The molecule has 0 spiro atoms. The van der Waals surface area contributed by atoms with Gasteiger partial charge in [0, 0.05) is 24.5 Å². The number of hydrogen-bond donors (Lipinski definition) is 3. The molecule has 31 heavy (non-hydrogen) atoms. The second kappa shape index (κ2) is 13.2. The molecule has 3 N–H and O–H groups in total. The number of nitrogens with one attached hydrogen (secondary N) is 3. The van der Waals surface area contributed by atoms with Gasteiger partial charge in [0.05, 0.1) is 12.3 Å². The number of rotatable bonds is 8. The van der Waals surface area contributed by atoms with E-state index in [1.807, 2.05) is 20.8 Å². The number of amides is 1. The monoisotopic (exact) mass is 568 g/mol. The van der Waals surface area contributed by atoms with Crippen LogP contribution in [0.5, 0.6) is 0 Å². The summed E-state index contributed by atoms with van der Waals surface area (Å²) < 4.78 is 38.6. The van der Waals surface area contributed by atoms with Crippen LogP contribution in [0.1, 0.15) is 46.5 Å². The Morgan fingerprint density at radius 3 is 2.61 bits per heavy atom. The van der Waals surface area contributed by atoms with Crippen LogP contribution in [0, 0.1) is 11.7 Å². The van der Waals surface area contributed by atoms with Crippen molar-refractivity contribution in [2.24, 2.45) is 10.9 Å². The molecule has 0 aromatic heterocycles. The summed E-state index contributed by atoms with van der Waals surface area (Å²) in [5.74, 6) is -0.484. The molecular weight excluding hydrogens is 534 g/mol. The summed E-state index contributed by atoms with van der Waals surface area (Å²) in [6, 6.07) is 5.56. The maximum atomic E-state index is 13.8. The Morgan fingerprint density at radius 1 is 1.26 bits per heavy atom. The summed E-state index contributed by atoms with van der Waals surface area (Å²) in [7, 11) is -3.76. The van der Waals surface area contributed by atoms with Gasteiger partial charge in [0.25, 0.3) is 0 Å². The second-order valence-corrected chi connectivity index (χ2v) is 9.96. The molecule has 1 aromatic rings. The molecule has 1 aromatic carbocycles. The first-order valence-corrected chi connectivity index (χ1v) is 12.2. The molecule has 1 amide bonds. The zero-order valence-electron chi connectivity index (χ0n) is 18.4. The van der Waals surface area contributed by atoms with Crippen LogP contribution in [-0.2, 0) is 14.6 Å². The van der Waals surface area contributed by atoms with Gasteiger partial charge in [-0.2, -0.15) is 0 Å². The summed E-state index contributed by atoms with van der Waals surface area (Å²) >= 11 is 0. The highest BCUT2D eigenvalue weighted by Gasteiger charge is 2.28. The summed E-state index contributed by atoms with van der Waals surface area (Å²) in [4.78, 5) is 16.4. The molecule has 1 fully saturated rings. The van der Waals surface area contributed by atoms with Crippen molar-refractivity contribution in [3.63, 3.8) is 0 Å². The molecule has 0 saturated heterocycles. The average Bonchev–Trinajstić information content (AvgIpc) is 2.68. The highest BCUT2D eigenvalue weighted by atomic mass is 127. The van der Waals surface area contributed by atoms with Crippen molar-refractivity contribution >= 4 is 45.7 Å². The highest BCUT2D eigenvalue weighted by Crippen LogP contribution is 2.24. The van der Waals surface area contributed by atoms with Gasteiger partial charge in [-0.05, 0) is 52.2 Å². The standard InChI is InChI=1S/C21H33FN4O3S.HI/c1-4-23-21(24-12-13-30(28,29)19-11-6-5-10-18(19)22)26-17-9-7-8-16(14-17)20(27)25-15(2)3;/h5-6,10-11,15-17H,4,7-9,12-14H2,1-3H3,(H,25,27)(H2,23,24,26);1H. The lowest BCUT2D eigenvalue weighted by molar-refractivity contribution is -0.126. The summed E-state index contributed by atoms with van der Waals surface area (Å²) in [5.41, 5.74) is 0. The lowest BCUT2D eigenvalue weighted by Crippen LogP contribution is -2.47. The molecule has 176 valence electrons. The predicted molar refractivity (Wildman–Crippen MR) is 132 cm³/mol. The van der Waals surface area contributed by atoms with E-state index in [-0.39, 0.29) is 65.1 Å². The second-order valence-electron chi connectivity index (χ2n) is 7.88. The van der Waals surface area contributed by atoms with Crippen LogP contribution >= 0.6 is 24.0 Å². The number of aliphatic imine (C=N–C) groups is 1. The van der Waals surface area contributed by atoms with Crippen molar-refractivity contribution in [1.29, 1.82) is 0 Å². The van der Waals surface area contributed by atoms with Gasteiger partial charge in [-0.3, -0.25) is 9.79 Å².